The van der Waals surface area contributed by atoms with Crippen LogP contribution in [0, 0.1) is 0 Å². The fourth-order valence-electron chi connectivity index (χ4n) is 15.3. The zero-order valence-corrected chi connectivity index (χ0v) is 68.2. The van der Waals surface area contributed by atoms with Crippen molar-refractivity contribution in [3.05, 3.63) is 170 Å². The number of piperidine rings is 1. The van der Waals surface area contributed by atoms with Crippen LogP contribution in [0.2, 0.25) is 5.02 Å². The molecule has 0 radical (unpaired) electrons. The first-order valence-electron chi connectivity index (χ1n) is 40.6. The van der Waals surface area contributed by atoms with E-state index in [-0.39, 0.29) is 11.6 Å². The molecule has 15 aromatic heterocycles. The Labute approximate surface area is 692 Å². The fraction of sp³-hybridized carbons (Fsp3) is 0.345. The molecule has 32 heteroatoms. The summed E-state index contributed by atoms with van der Waals surface area (Å²) in [5, 5.41) is 37.7. The topological polar surface area (TPSA) is 333 Å². The predicted molar refractivity (Wildman–Crippen MR) is 461 cm³/mol. The lowest BCUT2D eigenvalue weighted by Crippen LogP contribution is -2.37. The lowest BCUT2D eigenvalue weighted by atomic mass is 10.0. The highest BCUT2D eigenvalue weighted by molar-refractivity contribution is 6.32. The normalized spacial score (nSPS) is 15.4. The first-order chi connectivity index (χ1) is 58.3. The Morgan fingerprint density at radius 1 is 0.412 bits per heavy atom. The average Bonchev–Trinajstić information content (AvgIpc) is 1.73. The van der Waals surface area contributed by atoms with Crippen LogP contribution in [-0.2, 0) is 24.5 Å². The minimum Gasteiger partial charge on any atom is -0.477 e. The molecule has 0 aromatic carbocycles. The molecule has 5 fully saturated rings. The van der Waals surface area contributed by atoms with Gasteiger partial charge in [-0.3, -0.25) is 45.0 Å². The summed E-state index contributed by atoms with van der Waals surface area (Å²) >= 11 is 6.45. The van der Waals surface area contributed by atoms with Gasteiger partial charge in [0.1, 0.15) is 73.1 Å². The number of H-pyrrole nitrogens is 4. The smallest absolute Gasteiger partial charge is 0.232 e. The van der Waals surface area contributed by atoms with E-state index in [1.54, 1.807) is 49.6 Å². The predicted octanol–water partition coefficient (Wildman–Crippen LogP) is 14.0. The molecule has 119 heavy (non-hydrogen) atoms. The highest BCUT2D eigenvalue weighted by Gasteiger charge is 2.28. The minimum atomic E-state index is -0.0866. The quantitative estimate of drug-likeness (QED) is 0.0698. The Balaban J connectivity index is 0.000000114. The summed E-state index contributed by atoms with van der Waals surface area (Å²) in [6.07, 6.45) is 25.6. The number of anilines is 5. The monoisotopic (exact) mass is 1620 g/mol. The van der Waals surface area contributed by atoms with Crippen LogP contribution in [0.3, 0.4) is 0 Å². The molecular formula is C87H94ClN25O6. The molecule has 20 rings (SSSR count). The summed E-state index contributed by atoms with van der Waals surface area (Å²) in [4.78, 5) is 59.0. The van der Waals surface area contributed by atoms with Crippen LogP contribution in [0.25, 0.3) is 123 Å². The molecule has 4 N–H and O–H groups in total. The Hall–Kier alpha value is -12.7. The Kier molecular flexibility index (Phi) is 23.9. The Morgan fingerprint density at radius 2 is 0.824 bits per heavy atom. The van der Waals surface area contributed by atoms with E-state index in [9.17, 15) is 0 Å². The number of rotatable bonds is 16. The van der Waals surface area contributed by atoms with E-state index >= 15 is 0 Å². The second-order valence-corrected chi connectivity index (χ2v) is 30.9. The number of halogens is 1. The molecule has 20 heterocycles. The van der Waals surface area contributed by atoms with Crippen molar-refractivity contribution >= 4 is 84.2 Å². The zero-order valence-electron chi connectivity index (χ0n) is 67.4. The van der Waals surface area contributed by atoms with Gasteiger partial charge < -0.3 is 52.9 Å². The maximum atomic E-state index is 6.45. The molecule has 0 saturated carbocycles. The number of hydrogen-bond donors (Lipinski definition) is 4. The maximum absolute atomic E-state index is 6.45. The van der Waals surface area contributed by atoms with Crippen LogP contribution < -0.4 is 34.0 Å². The second-order valence-electron chi connectivity index (χ2n) is 30.4. The number of nitrogens with one attached hydrogen (secondary N) is 4. The molecule has 0 bridgehead atoms. The third-order valence-corrected chi connectivity index (χ3v) is 21.6. The van der Waals surface area contributed by atoms with Crippen LogP contribution >= 0.6 is 11.6 Å². The van der Waals surface area contributed by atoms with E-state index in [2.05, 4.69) is 158 Å². The fourth-order valence-corrected chi connectivity index (χ4v) is 15.6. The van der Waals surface area contributed by atoms with Crippen molar-refractivity contribution < 1.29 is 28.4 Å². The highest BCUT2D eigenvalue weighted by Crippen LogP contribution is 2.43. The minimum absolute atomic E-state index is 0.0164. The molecule has 0 amide bonds. The molecule has 5 aliphatic heterocycles. The number of ether oxygens (including phenoxy) is 6. The number of fused-ring (bicyclic) bond motifs is 4. The van der Waals surface area contributed by atoms with E-state index in [0.29, 0.717) is 63.0 Å². The summed E-state index contributed by atoms with van der Waals surface area (Å²) in [6, 6.07) is 30.2. The van der Waals surface area contributed by atoms with Crippen LogP contribution in [0.4, 0.5) is 29.0 Å². The highest BCUT2D eigenvalue weighted by atomic mass is 35.5. The first kappa shape index (κ1) is 78.8. The van der Waals surface area contributed by atoms with E-state index in [1.807, 2.05) is 105 Å². The number of aromatic nitrogens is 20. The number of aromatic amines is 4. The van der Waals surface area contributed by atoms with Crippen molar-refractivity contribution in [2.24, 2.45) is 0 Å². The third kappa shape index (κ3) is 17.5. The van der Waals surface area contributed by atoms with Crippen LogP contribution in [0.1, 0.15) is 60.8 Å². The number of hydrogen-bond acceptors (Lipinski definition) is 26. The van der Waals surface area contributed by atoms with Gasteiger partial charge in [0.15, 0.2) is 0 Å². The van der Waals surface area contributed by atoms with Crippen molar-refractivity contribution in [1.82, 2.24) is 100 Å². The number of morpholine rings is 4. The number of nitrogens with zero attached hydrogens (tertiary/aromatic N) is 21. The van der Waals surface area contributed by atoms with Crippen LogP contribution in [0.15, 0.2) is 165 Å². The van der Waals surface area contributed by atoms with Crippen molar-refractivity contribution in [2.75, 3.05) is 149 Å². The number of pyridine rings is 10. The van der Waals surface area contributed by atoms with Gasteiger partial charge in [0.25, 0.3) is 0 Å². The lowest BCUT2D eigenvalue weighted by Gasteiger charge is -2.33. The van der Waals surface area contributed by atoms with Crippen molar-refractivity contribution in [2.45, 2.75) is 72.4 Å². The largest absolute Gasteiger partial charge is 0.477 e. The van der Waals surface area contributed by atoms with Crippen LogP contribution in [-0.4, -0.2) is 231 Å². The molecule has 0 atom stereocenters. The zero-order chi connectivity index (χ0) is 81.2. The standard InChI is InChI=1S/C23H24N6O2.C22H21ClN6O2.C22H25N7O.C20H24N6O/c1-15(2)31-23-17(4-3-7-25-23)18-14-20(29-10-12-30-13-11-29)27-21-16(18)5-8-24-22(21)19-6-9-26-28-19;1-2-31-22-17(23)11-14(13-25-22)16-12-19(29-7-9-30-10-8-29)27-20-15(16)3-5-24-21(20)18-4-6-26-28-18;1-22(2,3)29-14-15(13-25-29)17-12-19(28-8-10-30-11-9-28)26-20-16(17)4-6-23-21(20)18-5-7-24-27-18;1-2-8-25(9-3-1)17-14-18(26-10-12-27-13-11-26)23-19-15(17)4-6-21-20(19)16-5-7-22-24-16/h3-9,14-15H,10-13H2,1-2H3,(H,26,28);3-6,11-13H,2,7-10H2,1H3,(H,26,28);4-7,12-14H,8-11H2,1-3H3,(H,24,27);4-7,14H,1-3,8-13H2,(H,22,24). The molecule has 610 valence electrons. The van der Waals surface area contributed by atoms with Gasteiger partial charge in [0.05, 0.1) is 100 Å². The second kappa shape index (κ2) is 36.0. The van der Waals surface area contributed by atoms with Crippen LogP contribution in [0.5, 0.6) is 11.8 Å². The molecule has 31 nitrogen and oxygen atoms in total. The first-order valence-corrected chi connectivity index (χ1v) is 40.9. The molecule has 5 saturated heterocycles. The van der Waals surface area contributed by atoms with Gasteiger partial charge >= 0.3 is 0 Å². The molecule has 0 spiro atoms. The summed E-state index contributed by atoms with van der Waals surface area (Å²) in [5.41, 5.74) is 17.1. The SMILES string of the molecule is CC(C)(C)n1cc(-c2cc(N3CCOCC3)nc3c(-c4ccn[nH]4)nccc23)cn1.CC(C)Oc1ncccc1-c1cc(N2CCOCC2)nc2c(-c3ccn[nH]3)nccc12.CCOc1ncc(-c2cc(N3CCOCC3)nc3c(-c4ccn[nH]4)nccc23)cc1Cl.c1cc(-c2nccc3c(N4CCCCC4)cc(N4CCOCC4)nc23)[nH]n1. The maximum Gasteiger partial charge on any atom is 0.232 e. The molecule has 5 aliphatic rings. The lowest BCUT2D eigenvalue weighted by molar-refractivity contribution is 0.122. The molecule has 15 aromatic rings. The van der Waals surface area contributed by atoms with E-state index < -0.39 is 0 Å². The Morgan fingerprint density at radius 3 is 1.23 bits per heavy atom. The van der Waals surface area contributed by atoms with Gasteiger partial charge in [-0.1, -0.05) is 11.6 Å². The van der Waals surface area contributed by atoms with E-state index in [0.717, 1.165) is 224 Å². The van der Waals surface area contributed by atoms with Gasteiger partial charge in [-0.25, -0.2) is 29.9 Å². The summed E-state index contributed by atoms with van der Waals surface area (Å²) < 4.78 is 35.7. The summed E-state index contributed by atoms with van der Waals surface area (Å²) in [5.74, 6) is 4.74. The van der Waals surface area contributed by atoms with Crippen molar-refractivity contribution in [3.63, 3.8) is 0 Å². The summed E-state index contributed by atoms with van der Waals surface area (Å²) in [6.45, 7) is 27.2. The van der Waals surface area contributed by atoms with Gasteiger partial charge in [-0.05, 0) is 157 Å². The van der Waals surface area contributed by atoms with Crippen molar-refractivity contribution in [1.29, 1.82) is 0 Å². The van der Waals surface area contributed by atoms with Gasteiger partial charge in [-0.15, -0.1) is 0 Å². The molecule has 0 unspecified atom stereocenters. The average molecular weight is 1620 g/mol. The Bertz CT molecular complexity index is 5920. The molecule has 0 aliphatic carbocycles. The third-order valence-electron chi connectivity index (χ3n) is 21.3. The molecular weight excluding hydrogens is 1530 g/mol. The van der Waals surface area contributed by atoms with Gasteiger partial charge in [0.2, 0.25) is 11.8 Å². The van der Waals surface area contributed by atoms with E-state index in [4.69, 9.17) is 60.0 Å². The van der Waals surface area contributed by atoms with Crippen molar-refractivity contribution in [3.8, 4) is 90.7 Å². The van der Waals surface area contributed by atoms with Gasteiger partial charge in [0, 0.05) is 189 Å². The summed E-state index contributed by atoms with van der Waals surface area (Å²) in [7, 11) is 0. The van der Waals surface area contributed by atoms with E-state index in [1.165, 1.54) is 24.9 Å². The van der Waals surface area contributed by atoms with Gasteiger partial charge in [-0.2, -0.15) is 25.5 Å².